The average Bonchev–Trinajstić information content (AvgIpc) is 2.74. The average molecular weight is 454 g/mol. The lowest BCUT2D eigenvalue weighted by molar-refractivity contribution is -0.658. The lowest BCUT2D eigenvalue weighted by Gasteiger charge is -2.16. The third-order valence-corrected chi connectivity index (χ3v) is 6.35. The Hall–Kier alpha value is -3.14. The zero-order chi connectivity index (χ0) is 24.6. The van der Waals surface area contributed by atoms with Crippen molar-refractivity contribution in [3.05, 3.63) is 70.9 Å². The van der Waals surface area contributed by atoms with Gasteiger partial charge in [0.15, 0.2) is 12.0 Å². The molecule has 0 bridgehead atoms. The second kappa shape index (κ2) is 9.61. The maximum Gasteiger partial charge on any atom is 0.224 e. The summed E-state index contributed by atoms with van der Waals surface area (Å²) in [5.41, 5.74) is 7.32. The molecule has 2 heterocycles. The summed E-state index contributed by atoms with van der Waals surface area (Å²) < 4.78 is 2.24. The number of hydrogen-bond acceptors (Lipinski definition) is 3. The summed E-state index contributed by atoms with van der Waals surface area (Å²) in [5.74, 6) is 3.50. The van der Waals surface area contributed by atoms with Crippen molar-refractivity contribution in [1.29, 1.82) is 0 Å². The smallest absolute Gasteiger partial charge is 0.218 e. The molecule has 0 unspecified atom stereocenters. The molecule has 0 saturated carbocycles. The third-order valence-electron chi connectivity index (χ3n) is 6.35. The molecule has 0 fully saturated rings. The quantitative estimate of drug-likeness (QED) is 0.313. The van der Waals surface area contributed by atoms with Crippen molar-refractivity contribution in [3.63, 3.8) is 0 Å². The minimum absolute atomic E-state index is 0.479. The first kappa shape index (κ1) is 24.0. The highest BCUT2D eigenvalue weighted by Crippen LogP contribution is 2.36. The van der Waals surface area contributed by atoms with Gasteiger partial charge < -0.3 is 0 Å². The number of nitrogens with zero attached hydrogens (tertiary/aromatic N) is 4. The van der Waals surface area contributed by atoms with E-state index in [9.17, 15) is 0 Å². The van der Waals surface area contributed by atoms with Gasteiger partial charge in [0, 0.05) is 23.6 Å². The Morgan fingerprint density at radius 1 is 0.824 bits per heavy atom. The van der Waals surface area contributed by atoms with Gasteiger partial charge in [0.2, 0.25) is 5.69 Å². The molecule has 0 saturated heterocycles. The van der Waals surface area contributed by atoms with Gasteiger partial charge in [-0.2, -0.15) is 4.57 Å². The van der Waals surface area contributed by atoms with Crippen LogP contribution in [0.25, 0.3) is 33.4 Å². The van der Waals surface area contributed by atoms with Crippen molar-refractivity contribution in [1.82, 2.24) is 15.0 Å². The lowest BCUT2D eigenvalue weighted by atomic mass is 9.92. The van der Waals surface area contributed by atoms with E-state index in [2.05, 4.69) is 103 Å². The Morgan fingerprint density at radius 2 is 1.44 bits per heavy atom. The molecule has 4 aromatic rings. The van der Waals surface area contributed by atoms with E-state index in [0.717, 1.165) is 41.6 Å². The van der Waals surface area contributed by atoms with Crippen LogP contribution in [0.15, 0.2) is 42.6 Å². The summed E-state index contributed by atoms with van der Waals surface area (Å²) in [5, 5.41) is 2.35. The highest BCUT2D eigenvalue weighted by Gasteiger charge is 2.26. The number of aromatic nitrogens is 4. The largest absolute Gasteiger partial charge is 0.224 e. The number of aryl methyl sites for hydroxylation is 3. The molecule has 0 N–H and O–H groups in total. The van der Waals surface area contributed by atoms with Crippen LogP contribution in [-0.4, -0.2) is 15.0 Å². The van der Waals surface area contributed by atoms with E-state index in [4.69, 9.17) is 15.0 Å². The van der Waals surface area contributed by atoms with Gasteiger partial charge in [-0.25, -0.2) is 15.0 Å². The van der Waals surface area contributed by atoms with E-state index in [1.807, 2.05) is 0 Å². The first-order chi connectivity index (χ1) is 16.1. The fourth-order valence-corrected chi connectivity index (χ4v) is 4.74. The molecule has 4 heteroatoms. The molecule has 0 radical (unpaired) electrons. The van der Waals surface area contributed by atoms with Gasteiger partial charge >= 0.3 is 0 Å². The Labute approximate surface area is 204 Å². The SMILES string of the molecule is Cc1cc(C)c(C)c(-c2c(-c3nc(CC(C)C)nc(CC(C)C)n3)c3ccccc3c[n+]2C)c1. The van der Waals surface area contributed by atoms with Crippen molar-refractivity contribution in [2.45, 2.75) is 61.3 Å². The first-order valence-corrected chi connectivity index (χ1v) is 12.4. The van der Waals surface area contributed by atoms with E-state index < -0.39 is 0 Å². The Balaban J connectivity index is 2.11. The van der Waals surface area contributed by atoms with Gasteiger partial charge in [-0.3, -0.25) is 0 Å². The minimum Gasteiger partial charge on any atom is -0.218 e. The summed E-state index contributed by atoms with van der Waals surface area (Å²) in [6.07, 6.45) is 3.90. The van der Waals surface area contributed by atoms with E-state index in [1.54, 1.807) is 0 Å². The predicted octanol–water partition coefficient (Wildman–Crippen LogP) is 6.51. The van der Waals surface area contributed by atoms with Crippen molar-refractivity contribution in [2.24, 2.45) is 18.9 Å². The minimum atomic E-state index is 0.479. The summed E-state index contributed by atoms with van der Waals surface area (Å²) >= 11 is 0. The van der Waals surface area contributed by atoms with Gasteiger partial charge in [-0.1, -0.05) is 57.5 Å². The molecule has 2 aromatic heterocycles. The van der Waals surface area contributed by atoms with Gasteiger partial charge in [0.1, 0.15) is 18.7 Å². The number of benzene rings is 2. The summed E-state index contributed by atoms with van der Waals surface area (Å²) in [7, 11) is 2.13. The first-order valence-electron chi connectivity index (χ1n) is 12.4. The van der Waals surface area contributed by atoms with E-state index >= 15 is 0 Å². The summed E-state index contributed by atoms with van der Waals surface area (Å²) in [6.45, 7) is 15.4. The maximum atomic E-state index is 5.07. The fourth-order valence-electron chi connectivity index (χ4n) is 4.74. The Kier molecular flexibility index (Phi) is 6.79. The second-order valence-electron chi connectivity index (χ2n) is 10.5. The van der Waals surface area contributed by atoms with Crippen LogP contribution in [0, 0.1) is 32.6 Å². The Morgan fingerprint density at radius 3 is 2.06 bits per heavy atom. The predicted molar refractivity (Wildman–Crippen MR) is 141 cm³/mol. The van der Waals surface area contributed by atoms with Crippen LogP contribution in [0.1, 0.15) is 56.0 Å². The van der Waals surface area contributed by atoms with Crippen molar-refractivity contribution >= 4 is 10.8 Å². The molecule has 2 aromatic carbocycles. The molecule has 4 nitrogen and oxygen atoms in total. The normalized spacial score (nSPS) is 11.7. The topological polar surface area (TPSA) is 42.6 Å². The molecular weight excluding hydrogens is 416 g/mol. The summed E-state index contributed by atoms with van der Waals surface area (Å²) in [6, 6.07) is 13.1. The standard InChI is InChI=1S/C30H37N4/c1-18(2)13-26-31-27(14-19(3)4)33-30(32-26)28-24-12-10-9-11-23(24)17-34(8)29(28)25-16-20(5)15-21(6)22(25)7/h9-12,15-19H,13-14H2,1-8H3/q+1. The zero-order valence-electron chi connectivity index (χ0n) is 21.9. The second-order valence-corrected chi connectivity index (χ2v) is 10.5. The van der Waals surface area contributed by atoms with Gasteiger partial charge in [-0.05, 0) is 55.9 Å². The molecule has 0 spiro atoms. The molecule has 0 atom stereocenters. The highest BCUT2D eigenvalue weighted by molar-refractivity contribution is 5.99. The molecule has 0 aliphatic rings. The number of rotatable bonds is 6. The number of pyridine rings is 1. The van der Waals surface area contributed by atoms with Crippen LogP contribution in [-0.2, 0) is 19.9 Å². The van der Waals surface area contributed by atoms with Gasteiger partial charge in [0.05, 0.1) is 11.1 Å². The van der Waals surface area contributed by atoms with Crippen molar-refractivity contribution in [3.8, 4) is 22.6 Å². The molecule has 34 heavy (non-hydrogen) atoms. The number of fused-ring (bicyclic) bond motifs is 1. The summed E-state index contributed by atoms with van der Waals surface area (Å²) in [4.78, 5) is 15.0. The van der Waals surface area contributed by atoms with Crippen LogP contribution in [0.2, 0.25) is 0 Å². The van der Waals surface area contributed by atoms with Gasteiger partial charge in [0.25, 0.3) is 0 Å². The fraction of sp³-hybridized carbons (Fsp3) is 0.400. The Bertz CT molecular complexity index is 1320. The van der Waals surface area contributed by atoms with Crippen molar-refractivity contribution < 1.29 is 4.57 Å². The van der Waals surface area contributed by atoms with Crippen LogP contribution < -0.4 is 4.57 Å². The van der Waals surface area contributed by atoms with Crippen molar-refractivity contribution in [2.75, 3.05) is 0 Å². The van der Waals surface area contributed by atoms with Crippen LogP contribution in [0.5, 0.6) is 0 Å². The molecule has 0 aliphatic carbocycles. The van der Waals surface area contributed by atoms with E-state index in [0.29, 0.717) is 11.8 Å². The monoisotopic (exact) mass is 453 g/mol. The molecule has 0 aliphatic heterocycles. The van der Waals surface area contributed by atoms with Gasteiger partial charge in [-0.15, -0.1) is 0 Å². The number of hydrogen-bond donors (Lipinski definition) is 0. The van der Waals surface area contributed by atoms with Crippen LogP contribution >= 0.6 is 0 Å². The third kappa shape index (κ3) is 4.86. The molecule has 176 valence electrons. The highest BCUT2D eigenvalue weighted by atomic mass is 15.0. The van der Waals surface area contributed by atoms with Crippen LogP contribution in [0.3, 0.4) is 0 Å². The van der Waals surface area contributed by atoms with Crippen LogP contribution in [0.4, 0.5) is 0 Å². The zero-order valence-corrected chi connectivity index (χ0v) is 21.9. The molecule has 4 rings (SSSR count). The molecular formula is C30H37N4+. The maximum absolute atomic E-state index is 5.07. The lowest BCUT2D eigenvalue weighted by Crippen LogP contribution is -2.32. The molecule has 0 amide bonds. The van der Waals surface area contributed by atoms with E-state index in [1.165, 1.54) is 33.0 Å². The van der Waals surface area contributed by atoms with E-state index in [-0.39, 0.29) is 0 Å².